The molecule has 1 aromatic heterocycles. The van der Waals surface area contributed by atoms with Crippen LogP contribution >= 0.6 is 11.6 Å². The Balaban J connectivity index is 1.73. The van der Waals surface area contributed by atoms with Crippen molar-refractivity contribution in [3.63, 3.8) is 0 Å². The van der Waals surface area contributed by atoms with Crippen LogP contribution in [0.15, 0.2) is 12.1 Å². The number of hydrogen-bond donors (Lipinski definition) is 1. The zero-order valence-electron chi connectivity index (χ0n) is 19.6. The predicted molar refractivity (Wildman–Crippen MR) is 124 cm³/mol. The number of anilines is 1. The molecule has 1 fully saturated rings. The van der Waals surface area contributed by atoms with Crippen LogP contribution in [0, 0.1) is 0 Å². The summed E-state index contributed by atoms with van der Waals surface area (Å²) in [5.41, 5.74) is 0.761. The zero-order chi connectivity index (χ0) is 23.1. The number of piperidine rings is 1. The molecule has 2 heterocycles. The van der Waals surface area contributed by atoms with Crippen molar-refractivity contribution in [1.82, 2.24) is 9.88 Å². The fourth-order valence-corrected chi connectivity index (χ4v) is 3.77. The molecule has 0 aliphatic carbocycles. The zero-order valence-corrected chi connectivity index (χ0v) is 20.4. The van der Waals surface area contributed by atoms with Crippen molar-refractivity contribution in [2.24, 2.45) is 0 Å². The molecule has 2 rings (SSSR count). The van der Waals surface area contributed by atoms with Crippen molar-refractivity contribution >= 4 is 23.3 Å². The quantitative estimate of drug-likeness (QED) is 0.328. The van der Waals surface area contributed by atoms with Gasteiger partial charge in [0.1, 0.15) is 10.8 Å². The number of carbonyl (C=O) groups excluding carboxylic acids is 1. The van der Waals surface area contributed by atoms with Gasteiger partial charge in [-0.05, 0) is 72.7 Å². The molecule has 0 spiro atoms. The number of ether oxygens (including phenoxy) is 2. The van der Waals surface area contributed by atoms with Gasteiger partial charge in [-0.15, -0.1) is 0 Å². The van der Waals surface area contributed by atoms with E-state index in [1.54, 1.807) is 0 Å². The molecule has 0 unspecified atom stereocenters. The van der Waals surface area contributed by atoms with Gasteiger partial charge in [0.05, 0.1) is 23.6 Å². The van der Waals surface area contributed by atoms with Crippen LogP contribution in [0.3, 0.4) is 0 Å². The van der Waals surface area contributed by atoms with Crippen LogP contribution in [-0.2, 0) is 20.8 Å². The highest BCUT2D eigenvalue weighted by Gasteiger charge is 2.33. The predicted octanol–water partition coefficient (Wildman–Crippen LogP) is 3.66. The largest absolute Gasteiger partial charge is 0.460 e. The smallest absolute Gasteiger partial charge is 0.306 e. The van der Waals surface area contributed by atoms with Crippen LogP contribution in [-0.4, -0.2) is 72.6 Å². The Hall–Kier alpha value is -1.41. The number of nitrogens with zero attached hydrogens (tertiary/aromatic N) is 3. The van der Waals surface area contributed by atoms with Gasteiger partial charge in [-0.2, -0.15) is 0 Å². The van der Waals surface area contributed by atoms with Crippen LogP contribution in [0.1, 0.15) is 58.6 Å². The Morgan fingerprint density at radius 1 is 1.26 bits per heavy atom. The van der Waals surface area contributed by atoms with Crippen LogP contribution < -0.4 is 4.90 Å². The number of rotatable bonds is 10. The summed E-state index contributed by atoms with van der Waals surface area (Å²) in [6.07, 6.45) is 3.15. The standard InChI is InChI=1S/C23H38ClN3O4/c1-22(2,3)31-21(28)8-6-7-15-30-17-23(29)11-13-27(14-12-23)19-9-10-20(24)25-18(19)16-26(4)5/h9-10,29H,6-8,11-17H2,1-5H3. The number of hydrogen-bond acceptors (Lipinski definition) is 7. The molecule has 8 heteroatoms. The molecule has 1 saturated heterocycles. The number of esters is 1. The first-order chi connectivity index (χ1) is 14.5. The van der Waals surface area contributed by atoms with E-state index in [1.165, 1.54) is 0 Å². The maximum atomic E-state index is 11.7. The molecule has 0 atom stereocenters. The second-order valence-corrected chi connectivity index (χ2v) is 10.0. The van der Waals surface area contributed by atoms with E-state index in [0.29, 0.717) is 44.2 Å². The monoisotopic (exact) mass is 455 g/mol. The van der Waals surface area contributed by atoms with Crippen LogP contribution in [0.25, 0.3) is 0 Å². The normalized spacial score (nSPS) is 16.6. The van der Waals surface area contributed by atoms with Gasteiger partial charge in [-0.25, -0.2) is 4.98 Å². The molecule has 0 amide bonds. The highest BCUT2D eigenvalue weighted by molar-refractivity contribution is 6.29. The van der Waals surface area contributed by atoms with Gasteiger partial charge in [0, 0.05) is 32.7 Å². The Bertz CT molecular complexity index is 713. The van der Waals surface area contributed by atoms with Gasteiger partial charge in [0.25, 0.3) is 0 Å². The van der Waals surface area contributed by atoms with Gasteiger partial charge < -0.3 is 24.4 Å². The Labute approximate surface area is 191 Å². The third-order valence-corrected chi connectivity index (χ3v) is 5.34. The summed E-state index contributed by atoms with van der Waals surface area (Å²) in [5, 5.41) is 11.4. The van der Waals surface area contributed by atoms with Crippen molar-refractivity contribution in [3.05, 3.63) is 23.0 Å². The van der Waals surface area contributed by atoms with E-state index in [0.717, 1.165) is 37.3 Å². The first-order valence-electron chi connectivity index (χ1n) is 11.0. The first-order valence-corrected chi connectivity index (χ1v) is 11.4. The van der Waals surface area contributed by atoms with E-state index >= 15 is 0 Å². The highest BCUT2D eigenvalue weighted by Crippen LogP contribution is 2.29. The van der Waals surface area contributed by atoms with Gasteiger partial charge in [-0.3, -0.25) is 4.79 Å². The number of pyridine rings is 1. The molecular weight excluding hydrogens is 418 g/mol. The van der Waals surface area contributed by atoms with Gasteiger partial charge in [0.15, 0.2) is 0 Å². The van der Waals surface area contributed by atoms with Crippen LogP contribution in [0.2, 0.25) is 5.15 Å². The fourth-order valence-electron chi connectivity index (χ4n) is 3.61. The molecule has 1 aliphatic heterocycles. The summed E-state index contributed by atoms with van der Waals surface area (Å²) in [6.45, 7) is 8.64. The molecule has 1 aromatic rings. The average Bonchev–Trinajstić information content (AvgIpc) is 2.64. The second kappa shape index (κ2) is 11.5. The van der Waals surface area contributed by atoms with Crippen molar-refractivity contribution in [2.45, 2.75) is 70.6 Å². The van der Waals surface area contributed by atoms with E-state index in [9.17, 15) is 9.90 Å². The number of carbonyl (C=O) groups is 1. The maximum absolute atomic E-state index is 11.7. The highest BCUT2D eigenvalue weighted by atomic mass is 35.5. The lowest BCUT2D eigenvalue weighted by molar-refractivity contribution is -0.155. The number of aromatic nitrogens is 1. The van der Waals surface area contributed by atoms with E-state index in [2.05, 4.69) is 14.8 Å². The van der Waals surface area contributed by atoms with E-state index in [4.69, 9.17) is 21.1 Å². The Morgan fingerprint density at radius 3 is 2.55 bits per heavy atom. The van der Waals surface area contributed by atoms with E-state index in [-0.39, 0.29) is 5.97 Å². The molecule has 7 nitrogen and oxygen atoms in total. The average molecular weight is 456 g/mol. The molecular formula is C23H38ClN3O4. The van der Waals surface area contributed by atoms with Gasteiger partial charge >= 0.3 is 5.97 Å². The van der Waals surface area contributed by atoms with Gasteiger partial charge in [0.2, 0.25) is 0 Å². The lowest BCUT2D eigenvalue weighted by Crippen LogP contribution is -2.47. The van der Waals surface area contributed by atoms with Crippen LogP contribution in [0.4, 0.5) is 5.69 Å². The maximum Gasteiger partial charge on any atom is 0.306 e. The lowest BCUT2D eigenvalue weighted by atomic mass is 9.92. The third kappa shape index (κ3) is 9.31. The number of unbranched alkanes of at least 4 members (excludes halogenated alkanes) is 1. The first kappa shape index (κ1) is 25.8. The van der Waals surface area contributed by atoms with Crippen LogP contribution in [0.5, 0.6) is 0 Å². The van der Waals surface area contributed by atoms with E-state index < -0.39 is 11.2 Å². The SMILES string of the molecule is CN(C)Cc1nc(Cl)ccc1N1CCC(O)(COCCCCC(=O)OC(C)(C)C)CC1. The minimum absolute atomic E-state index is 0.177. The van der Waals surface area contributed by atoms with Crippen molar-refractivity contribution in [3.8, 4) is 0 Å². The molecule has 1 N–H and O–H groups in total. The number of aliphatic hydroxyl groups is 1. The van der Waals surface area contributed by atoms with Gasteiger partial charge in [-0.1, -0.05) is 11.6 Å². The van der Waals surface area contributed by atoms with E-state index in [1.807, 2.05) is 47.0 Å². The van der Waals surface area contributed by atoms with Crippen molar-refractivity contribution < 1.29 is 19.4 Å². The molecule has 0 bridgehead atoms. The summed E-state index contributed by atoms with van der Waals surface area (Å²) in [7, 11) is 4.01. The molecule has 0 aromatic carbocycles. The Kier molecular flexibility index (Phi) is 9.55. The third-order valence-electron chi connectivity index (χ3n) is 5.13. The summed E-state index contributed by atoms with van der Waals surface area (Å²) in [6, 6.07) is 3.83. The molecule has 1 aliphatic rings. The minimum atomic E-state index is -0.816. The summed E-state index contributed by atoms with van der Waals surface area (Å²) in [5.74, 6) is -0.177. The molecule has 0 saturated carbocycles. The molecule has 31 heavy (non-hydrogen) atoms. The second-order valence-electron chi connectivity index (χ2n) is 9.65. The fraction of sp³-hybridized carbons (Fsp3) is 0.739. The summed E-state index contributed by atoms with van der Waals surface area (Å²) >= 11 is 6.09. The summed E-state index contributed by atoms with van der Waals surface area (Å²) < 4.78 is 11.0. The lowest BCUT2D eigenvalue weighted by Gasteiger charge is -2.39. The number of halogens is 1. The molecule has 176 valence electrons. The Morgan fingerprint density at radius 2 is 1.94 bits per heavy atom. The minimum Gasteiger partial charge on any atom is -0.460 e. The van der Waals surface area contributed by atoms with Crippen molar-refractivity contribution in [1.29, 1.82) is 0 Å². The summed E-state index contributed by atoms with van der Waals surface area (Å²) in [4.78, 5) is 20.5. The molecule has 0 radical (unpaired) electrons. The van der Waals surface area contributed by atoms with Crippen molar-refractivity contribution in [2.75, 3.05) is 45.3 Å². The topological polar surface area (TPSA) is 75.1 Å².